The topological polar surface area (TPSA) is 53.4 Å². The van der Waals surface area contributed by atoms with Crippen LogP contribution in [0.15, 0.2) is 54.6 Å². The molecule has 0 unspecified atom stereocenters. The standard InChI is InChI=1S/C19H15F3N2O3/c1-24-18(10-17(23-24)15-6-2-13(11-25)3-7-15)26-12-14-4-8-16(9-5-14)27-19(20,21)22/h2-11H,12H2,1H3. The molecule has 0 N–H and O–H groups in total. The van der Waals surface area contributed by atoms with Crippen molar-refractivity contribution in [1.82, 2.24) is 9.78 Å². The average Bonchev–Trinajstić information content (AvgIpc) is 3.01. The summed E-state index contributed by atoms with van der Waals surface area (Å²) in [6.45, 7) is 0.162. The highest BCUT2D eigenvalue weighted by Gasteiger charge is 2.30. The molecule has 0 atom stereocenters. The first kappa shape index (κ1) is 18.5. The Morgan fingerprint density at radius 2 is 1.74 bits per heavy atom. The van der Waals surface area contributed by atoms with E-state index < -0.39 is 6.36 Å². The number of halogens is 3. The Kier molecular flexibility index (Phi) is 5.16. The van der Waals surface area contributed by atoms with Crippen LogP contribution in [0.5, 0.6) is 11.6 Å². The summed E-state index contributed by atoms with van der Waals surface area (Å²) in [4.78, 5) is 10.7. The Bertz CT molecular complexity index is 917. The number of rotatable bonds is 6. The molecule has 0 amide bonds. The highest BCUT2D eigenvalue weighted by atomic mass is 19.4. The summed E-state index contributed by atoms with van der Waals surface area (Å²) in [5.41, 5.74) is 2.77. The molecule has 0 fully saturated rings. The summed E-state index contributed by atoms with van der Waals surface area (Å²) >= 11 is 0. The molecular weight excluding hydrogens is 361 g/mol. The Labute approximate surface area is 152 Å². The third kappa shape index (κ3) is 4.87. The maximum absolute atomic E-state index is 12.2. The second-order valence-corrected chi connectivity index (χ2v) is 5.71. The normalized spacial score (nSPS) is 11.3. The van der Waals surface area contributed by atoms with Gasteiger partial charge in [0.15, 0.2) is 0 Å². The zero-order chi connectivity index (χ0) is 19.4. The fraction of sp³-hybridized carbons (Fsp3) is 0.158. The third-order valence-corrected chi connectivity index (χ3v) is 3.72. The predicted molar refractivity (Wildman–Crippen MR) is 91.5 cm³/mol. The molecular formula is C19H15F3N2O3. The fourth-order valence-corrected chi connectivity index (χ4v) is 2.40. The van der Waals surface area contributed by atoms with Gasteiger partial charge < -0.3 is 9.47 Å². The van der Waals surface area contributed by atoms with Crippen LogP contribution in [-0.4, -0.2) is 22.4 Å². The molecule has 0 radical (unpaired) electrons. The first-order valence-corrected chi connectivity index (χ1v) is 7.91. The maximum Gasteiger partial charge on any atom is 0.573 e. The second kappa shape index (κ2) is 7.53. The molecule has 0 bridgehead atoms. The summed E-state index contributed by atoms with van der Waals surface area (Å²) < 4.78 is 47.6. The number of carbonyl (C=O) groups excluding carboxylic acids is 1. The molecule has 3 aromatic rings. The minimum absolute atomic E-state index is 0.162. The van der Waals surface area contributed by atoms with Gasteiger partial charge in [-0.25, -0.2) is 4.68 Å². The van der Waals surface area contributed by atoms with E-state index in [0.717, 1.165) is 11.8 Å². The van der Waals surface area contributed by atoms with E-state index >= 15 is 0 Å². The van der Waals surface area contributed by atoms with E-state index in [0.29, 0.717) is 22.7 Å². The van der Waals surface area contributed by atoms with Crippen LogP contribution in [-0.2, 0) is 13.7 Å². The first-order chi connectivity index (χ1) is 12.8. The van der Waals surface area contributed by atoms with Crippen molar-refractivity contribution in [3.8, 4) is 22.9 Å². The second-order valence-electron chi connectivity index (χ2n) is 5.71. The lowest BCUT2D eigenvalue weighted by Crippen LogP contribution is -2.17. The van der Waals surface area contributed by atoms with Crippen LogP contribution in [0.25, 0.3) is 11.3 Å². The van der Waals surface area contributed by atoms with Gasteiger partial charge in [-0.15, -0.1) is 13.2 Å². The van der Waals surface area contributed by atoms with Gasteiger partial charge in [0.25, 0.3) is 0 Å². The predicted octanol–water partition coefficient (Wildman–Crippen LogP) is 4.38. The molecule has 0 saturated heterocycles. The number of aldehydes is 1. The molecule has 3 rings (SSSR count). The molecule has 140 valence electrons. The minimum atomic E-state index is -4.72. The van der Waals surface area contributed by atoms with Crippen molar-refractivity contribution in [2.75, 3.05) is 0 Å². The van der Waals surface area contributed by atoms with Crippen LogP contribution in [0.4, 0.5) is 13.2 Å². The SMILES string of the molecule is Cn1nc(-c2ccc(C=O)cc2)cc1OCc1ccc(OC(F)(F)F)cc1. The molecule has 1 aromatic heterocycles. The number of ether oxygens (including phenoxy) is 2. The molecule has 2 aromatic carbocycles. The number of hydrogen-bond acceptors (Lipinski definition) is 4. The molecule has 0 aliphatic heterocycles. The number of carbonyl (C=O) groups is 1. The lowest BCUT2D eigenvalue weighted by atomic mass is 10.1. The highest BCUT2D eigenvalue weighted by Crippen LogP contribution is 2.25. The van der Waals surface area contributed by atoms with E-state index in [9.17, 15) is 18.0 Å². The van der Waals surface area contributed by atoms with Gasteiger partial charge in [-0.2, -0.15) is 5.10 Å². The molecule has 5 nitrogen and oxygen atoms in total. The first-order valence-electron chi connectivity index (χ1n) is 7.91. The zero-order valence-electron chi connectivity index (χ0n) is 14.2. The number of alkyl halides is 3. The van der Waals surface area contributed by atoms with Gasteiger partial charge >= 0.3 is 6.36 Å². The highest BCUT2D eigenvalue weighted by molar-refractivity contribution is 5.76. The van der Waals surface area contributed by atoms with E-state index in [2.05, 4.69) is 9.84 Å². The van der Waals surface area contributed by atoms with Crippen molar-refractivity contribution in [2.45, 2.75) is 13.0 Å². The summed E-state index contributed by atoms with van der Waals surface area (Å²) in [6.07, 6.45) is -3.95. The smallest absolute Gasteiger partial charge is 0.473 e. The minimum Gasteiger partial charge on any atom is -0.473 e. The van der Waals surface area contributed by atoms with E-state index in [4.69, 9.17) is 4.74 Å². The monoisotopic (exact) mass is 376 g/mol. The molecule has 0 spiro atoms. The Balaban J connectivity index is 1.66. The van der Waals surface area contributed by atoms with Crippen LogP contribution in [0, 0.1) is 0 Å². The Morgan fingerprint density at radius 1 is 1.07 bits per heavy atom. The maximum atomic E-state index is 12.2. The Hall–Kier alpha value is -3.29. The van der Waals surface area contributed by atoms with Crippen molar-refractivity contribution in [1.29, 1.82) is 0 Å². The van der Waals surface area contributed by atoms with Gasteiger partial charge in [-0.3, -0.25) is 4.79 Å². The van der Waals surface area contributed by atoms with Crippen molar-refractivity contribution in [3.05, 3.63) is 65.7 Å². The number of aryl methyl sites for hydroxylation is 1. The number of nitrogens with zero attached hydrogens (tertiary/aromatic N) is 2. The number of benzene rings is 2. The zero-order valence-corrected chi connectivity index (χ0v) is 14.2. The summed E-state index contributed by atoms with van der Waals surface area (Å²) in [5.74, 6) is 0.216. The van der Waals surface area contributed by atoms with Gasteiger partial charge in [0.1, 0.15) is 18.6 Å². The van der Waals surface area contributed by atoms with E-state index in [1.165, 1.54) is 24.3 Å². The summed E-state index contributed by atoms with van der Waals surface area (Å²) in [5, 5.41) is 4.36. The molecule has 1 heterocycles. The number of aromatic nitrogens is 2. The van der Waals surface area contributed by atoms with Crippen LogP contribution >= 0.6 is 0 Å². The lowest BCUT2D eigenvalue weighted by molar-refractivity contribution is -0.274. The third-order valence-electron chi connectivity index (χ3n) is 3.72. The molecule has 8 heteroatoms. The molecule has 0 aliphatic rings. The van der Waals surface area contributed by atoms with E-state index in [1.807, 2.05) is 0 Å². The quantitative estimate of drug-likeness (QED) is 0.599. The fourth-order valence-electron chi connectivity index (χ4n) is 2.40. The molecule has 27 heavy (non-hydrogen) atoms. The largest absolute Gasteiger partial charge is 0.573 e. The van der Waals surface area contributed by atoms with Gasteiger partial charge in [0.2, 0.25) is 5.88 Å². The van der Waals surface area contributed by atoms with Gasteiger partial charge in [0, 0.05) is 24.2 Å². The van der Waals surface area contributed by atoms with Crippen LogP contribution in [0.2, 0.25) is 0 Å². The van der Waals surface area contributed by atoms with Crippen molar-refractivity contribution < 1.29 is 27.4 Å². The van der Waals surface area contributed by atoms with E-state index in [1.54, 1.807) is 42.1 Å². The van der Waals surface area contributed by atoms with Gasteiger partial charge in [0.05, 0.1) is 5.69 Å². The van der Waals surface area contributed by atoms with E-state index in [-0.39, 0.29) is 12.4 Å². The van der Waals surface area contributed by atoms with Crippen LogP contribution in [0.1, 0.15) is 15.9 Å². The van der Waals surface area contributed by atoms with Gasteiger partial charge in [-0.05, 0) is 17.7 Å². The summed E-state index contributed by atoms with van der Waals surface area (Å²) in [7, 11) is 1.72. The lowest BCUT2D eigenvalue weighted by Gasteiger charge is -2.10. The number of hydrogen-bond donors (Lipinski definition) is 0. The van der Waals surface area contributed by atoms with Crippen molar-refractivity contribution >= 4 is 6.29 Å². The van der Waals surface area contributed by atoms with Crippen LogP contribution < -0.4 is 9.47 Å². The summed E-state index contributed by atoms with van der Waals surface area (Å²) in [6, 6.07) is 14.2. The Morgan fingerprint density at radius 3 is 2.33 bits per heavy atom. The van der Waals surface area contributed by atoms with Crippen molar-refractivity contribution in [3.63, 3.8) is 0 Å². The molecule has 0 aliphatic carbocycles. The van der Waals surface area contributed by atoms with Gasteiger partial charge in [-0.1, -0.05) is 36.4 Å². The van der Waals surface area contributed by atoms with Crippen LogP contribution in [0.3, 0.4) is 0 Å². The average molecular weight is 376 g/mol. The molecule has 0 saturated carbocycles. The van der Waals surface area contributed by atoms with Crippen molar-refractivity contribution in [2.24, 2.45) is 7.05 Å².